The van der Waals surface area contributed by atoms with E-state index in [1.54, 1.807) is 31.2 Å². The maximum absolute atomic E-state index is 14.2. The SMILES string of the molecule is CCCCNC(=O)[C@@H](C)N(Cc1ccc(OC)cc1)C(=O)CN(c1cc(Cl)ccc1OC)S(=O)(=O)c1ccc(C)c([N+](=O)[O-])c1. The summed E-state index contributed by atoms with van der Waals surface area (Å²) >= 11 is 6.26. The molecule has 3 aromatic rings. The van der Waals surface area contributed by atoms with Crippen LogP contribution in [-0.4, -0.2) is 63.4 Å². The zero-order valence-corrected chi connectivity index (χ0v) is 27.4. The van der Waals surface area contributed by atoms with Gasteiger partial charge in [0.05, 0.1) is 29.7 Å². The Morgan fingerprint density at radius 3 is 2.33 bits per heavy atom. The van der Waals surface area contributed by atoms with Crippen LogP contribution in [0.1, 0.15) is 37.8 Å². The van der Waals surface area contributed by atoms with E-state index in [1.807, 2.05) is 6.92 Å². The monoisotopic (exact) mass is 660 g/mol. The van der Waals surface area contributed by atoms with Crippen molar-refractivity contribution in [1.29, 1.82) is 0 Å². The van der Waals surface area contributed by atoms with E-state index >= 15 is 0 Å². The van der Waals surface area contributed by atoms with Crippen LogP contribution in [0.25, 0.3) is 0 Å². The van der Waals surface area contributed by atoms with Crippen LogP contribution >= 0.6 is 11.6 Å². The molecule has 12 nitrogen and oxygen atoms in total. The first-order valence-electron chi connectivity index (χ1n) is 14.1. The standard InChI is InChI=1S/C31H37ClN4O8S/c1-6-7-16-33-31(38)22(3)34(19-23-9-12-25(43-4)13-10-23)30(37)20-35(28-17-24(32)11-15-29(28)44-5)45(41,42)26-14-8-21(2)27(18-26)36(39)40/h8-15,17-18,22H,6-7,16,19-20H2,1-5H3,(H,33,38)/t22-/m1/s1. The van der Waals surface area contributed by atoms with Gasteiger partial charge in [0.15, 0.2) is 0 Å². The number of nitrogens with zero attached hydrogens (tertiary/aromatic N) is 3. The van der Waals surface area contributed by atoms with Gasteiger partial charge in [0.1, 0.15) is 24.1 Å². The van der Waals surface area contributed by atoms with Crippen LogP contribution in [0.5, 0.6) is 11.5 Å². The van der Waals surface area contributed by atoms with Crippen LogP contribution < -0.4 is 19.1 Å². The molecule has 0 saturated carbocycles. The Balaban J connectivity index is 2.13. The fourth-order valence-electron chi connectivity index (χ4n) is 4.49. The molecule has 3 rings (SSSR count). The summed E-state index contributed by atoms with van der Waals surface area (Å²) < 4.78 is 39.8. The number of sulfonamides is 1. The van der Waals surface area contributed by atoms with E-state index in [9.17, 15) is 28.1 Å². The molecule has 0 saturated heterocycles. The smallest absolute Gasteiger partial charge is 0.273 e. The van der Waals surface area contributed by atoms with Gasteiger partial charge in [0.25, 0.3) is 15.7 Å². The molecule has 0 spiro atoms. The van der Waals surface area contributed by atoms with Crippen molar-refractivity contribution in [3.63, 3.8) is 0 Å². The molecule has 0 bridgehead atoms. The molecule has 0 aliphatic rings. The number of nitro groups is 1. The molecule has 0 aliphatic carbocycles. The molecule has 0 heterocycles. The molecule has 0 aliphatic heterocycles. The molecular weight excluding hydrogens is 624 g/mol. The average Bonchev–Trinajstić information content (AvgIpc) is 3.02. The van der Waals surface area contributed by atoms with Crippen molar-refractivity contribution in [3.05, 3.63) is 86.9 Å². The van der Waals surface area contributed by atoms with Crippen LogP contribution in [-0.2, 0) is 26.2 Å². The van der Waals surface area contributed by atoms with E-state index in [2.05, 4.69) is 5.32 Å². The van der Waals surface area contributed by atoms with Gasteiger partial charge in [0.2, 0.25) is 11.8 Å². The van der Waals surface area contributed by atoms with Crippen LogP contribution in [0.3, 0.4) is 0 Å². The van der Waals surface area contributed by atoms with Crippen LogP contribution in [0, 0.1) is 17.0 Å². The quantitative estimate of drug-likeness (QED) is 0.134. The third-order valence-electron chi connectivity index (χ3n) is 7.16. The summed E-state index contributed by atoms with van der Waals surface area (Å²) in [5.74, 6) is -0.436. The summed E-state index contributed by atoms with van der Waals surface area (Å²) in [4.78, 5) is 39.1. The lowest BCUT2D eigenvalue weighted by molar-refractivity contribution is -0.385. The molecule has 0 fully saturated rings. The van der Waals surface area contributed by atoms with Crippen LogP contribution in [0.2, 0.25) is 5.02 Å². The van der Waals surface area contributed by atoms with E-state index in [-0.39, 0.29) is 28.6 Å². The number of hydrogen-bond donors (Lipinski definition) is 1. The Hall–Kier alpha value is -4.36. The Labute approximate surface area is 268 Å². The van der Waals surface area contributed by atoms with Crippen LogP contribution in [0.4, 0.5) is 11.4 Å². The minimum atomic E-state index is -4.62. The van der Waals surface area contributed by atoms with E-state index in [0.717, 1.165) is 23.2 Å². The van der Waals surface area contributed by atoms with Gasteiger partial charge in [-0.05, 0) is 62.2 Å². The fraction of sp³-hybridized carbons (Fsp3) is 0.355. The second-order valence-corrected chi connectivity index (χ2v) is 12.5. The number of rotatable bonds is 15. The minimum Gasteiger partial charge on any atom is -0.497 e. The van der Waals surface area contributed by atoms with Crippen molar-refractivity contribution in [1.82, 2.24) is 10.2 Å². The first-order valence-corrected chi connectivity index (χ1v) is 16.0. The number of carbonyl (C=O) groups excluding carboxylic acids is 2. The first-order chi connectivity index (χ1) is 21.3. The summed E-state index contributed by atoms with van der Waals surface area (Å²) in [5, 5.41) is 14.6. The summed E-state index contributed by atoms with van der Waals surface area (Å²) in [6, 6.07) is 13.7. The predicted molar refractivity (Wildman–Crippen MR) is 171 cm³/mol. The van der Waals surface area contributed by atoms with Crippen molar-refractivity contribution >= 4 is 44.8 Å². The largest absolute Gasteiger partial charge is 0.497 e. The number of nitrogens with one attached hydrogen (secondary N) is 1. The Bertz CT molecular complexity index is 1630. The van der Waals surface area contributed by atoms with Crippen LogP contribution in [0.15, 0.2) is 65.6 Å². The number of ether oxygens (including phenoxy) is 2. The summed E-state index contributed by atoms with van der Waals surface area (Å²) in [7, 11) is -1.77. The average molecular weight is 661 g/mol. The van der Waals surface area contributed by atoms with Crippen molar-refractivity contribution < 1.29 is 32.4 Å². The number of methoxy groups -OCH3 is 2. The molecular formula is C31H37ClN4O8S. The van der Waals surface area contributed by atoms with Gasteiger partial charge in [-0.2, -0.15) is 0 Å². The van der Waals surface area contributed by atoms with E-state index < -0.39 is 49.9 Å². The lowest BCUT2D eigenvalue weighted by Gasteiger charge is -2.32. The number of benzene rings is 3. The van der Waals surface area contributed by atoms with E-state index in [1.165, 1.54) is 56.4 Å². The Morgan fingerprint density at radius 2 is 1.73 bits per heavy atom. The highest BCUT2D eigenvalue weighted by atomic mass is 35.5. The van der Waals surface area contributed by atoms with Gasteiger partial charge < -0.3 is 19.7 Å². The van der Waals surface area contributed by atoms with Gasteiger partial charge in [-0.1, -0.05) is 43.1 Å². The fourth-order valence-corrected chi connectivity index (χ4v) is 6.09. The normalized spacial score (nSPS) is 11.8. The lowest BCUT2D eigenvalue weighted by Crippen LogP contribution is -2.51. The summed E-state index contributed by atoms with van der Waals surface area (Å²) in [6.45, 7) is 4.64. The molecule has 242 valence electrons. The number of unbranched alkanes of at least 4 members (excludes halogenated alkanes) is 1. The van der Waals surface area contributed by atoms with Crippen molar-refractivity contribution in [3.8, 4) is 11.5 Å². The third kappa shape index (κ3) is 8.64. The van der Waals surface area contributed by atoms with Gasteiger partial charge in [-0.3, -0.25) is 24.0 Å². The minimum absolute atomic E-state index is 0.0260. The molecule has 0 unspecified atom stereocenters. The zero-order chi connectivity index (χ0) is 33.3. The molecule has 45 heavy (non-hydrogen) atoms. The number of hydrogen-bond acceptors (Lipinski definition) is 8. The highest BCUT2D eigenvalue weighted by molar-refractivity contribution is 7.92. The second-order valence-electron chi connectivity index (χ2n) is 10.2. The highest BCUT2D eigenvalue weighted by Gasteiger charge is 2.35. The molecule has 1 atom stereocenters. The summed E-state index contributed by atoms with van der Waals surface area (Å²) in [6.07, 6.45) is 1.60. The first kappa shape index (κ1) is 35.1. The zero-order valence-electron chi connectivity index (χ0n) is 25.8. The predicted octanol–water partition coefficient (Wildman–Crippen LogP) is 5.10. The van der Waals surface area contributed by atoms with Gasteiger partial charge >= 0.3 is 0 Å². The van der Waals surface area contributed by atoms with Gasteiger partial charge in [0, 0.05) is 29.7 Å². The number of halogens is 1. The van der Waals surface area contributed by atoms with Crippen molar-refractivity contribution in [2.45, 2.75) is 51.1 Å². The van der Waals surface area contributed by atoms with E-state index in [4.69, 9.17) is 21.1 Å². The molecule has 0 aromatic heterocycles. The topological polar surface area (TPSA) is 148 Å². The molecule has 2 amide bonds. The molecule has 3 aromatic carbocycles. The van der Waals surface area contributed by atoms with Gasteiger partial charge in [-0.15, -0.1) is 0 Å². The Kier molecular flexibility index (Phi) is 12.2. The third-order valence-corrected chi connectivity index (χ3v) is 9.15. The van der Waals surface area contributed by atoms with Gasteiger partial charge in [-0.25, -0.2) is 8.42 Å². The second kappa shape index (κ2) is 15.6. The Morgan fingerprint density at radius 1 is 1.04 bits per heavy atom. The lowest BCUT2D eigenvalue weighted by atomic mass is 10.1. The number of carbonyl (C=O) groups is 2. The maximum Gasteiger partial charge on any atom is 0.273 e. The number of amides is 2. The maximum atomic E-state index is 14.2. The molecule has 1 N–H and O–H groups in total. The van der Waals surface area contributed by atoms with Crippen molar-refractivity contribution in [2.75, 3.05) is 31.6 Å². The highest BCUT2D eigenvalue weighted by Crippen LogP contribution is 2.36. The number of anilines is 1. The summed E-state index contributed by atoms with van der Waals surface area (Å²) in [5.41, 5.74) is 0.460. The number of aryl methyl sites for hydroxylation is 1. The molecule has 0 radical (unpaired) electrons. The molecule has 14 heteroatoms. The van der Waals surface area contributed by atoms with E-state index in [0.29, 0.717) is 17.9 Å². The number of nitro benzene ring substituents is 1. The van der Waals surface area contributed by atoms with Crippen molar-refractivity contribution in [2.24, 2.45) is 0 Å².